The molecule has 88 heavy (non-hydrogen) atoms. The Labute approximate surface area is 518 Å². The zero-order valence-electron chi connectivity index (χ0n) is 49.8. The monoisotopic (exact) mass is 1150 g/mol. The number of nitrogens with zero attached hydrogens (tertiary/aromatic N) is 3. The minimum absolute atomic E-state index is 0.0481. The van der Waals surface area contributed by atoms with Crippen molar-refractivity contribution in [2.45, 2.75) is 62.2 Å². The zero-order chi connectivity index (χ0) is 59.2. The number of benzene rings is 12. The summed E-state index contributed by atoms with van der Waals surface area (Å²) >= 11 is 1.87. The molecule has 4 aliphatic rings. The first-order valence-electron chi connectivity index (χ1n) is 30.4. The minimum Gasteiger partial charge on any atom is -0.455 e. The molecule has 422 valence electrons. The number of para-hydroxylation sites is 10. The maximum atomic E-state index is 7.13. The van der Waals surface area contributed by atoms with Crippen molar-refractivity contribution in [2.24, 2.45) is 0 Å². The Kier molecular flexibility index (Phi) is 11.7. The molecule has 0 saturated carbocycles. The van der Waals surface area contributed by atoms with Crippen molar-refractivity contribution in [1.29, 1.82) is 0 Å². The van der Waals surface area contributed by atoms with Gasteiger partial charge in [-0.1, -0.05) is 210 Å². The van der Waals surface area contributed by atoms with Crippen LogP contribution < -0.4 is 40.6 Å². The summed E-state index contributed by atoms with van der Waals surface area (Å²) in [5.41, 5.74) is 23.7. The molecule has 12 aromatic carbocycles. The fourth-order valence-electron chi connectivity index (χ4n) is 13.8. The lowest BCUT2D eigenvalue weighted by atomic mass is 9.34. The van der Waals surface area contributed by atoms with Crippen LogP contribution in [0.4, 0.5) is 51.2 Å². The van der Waals surface area contributed by atoms with Crippen LogP contribution in [0.15, 0.2) is 269 Å². The lowest BCUT2D eigenvalue weighted by molar-refractivity contribution is 0.476. The summed E-state index contributed by atoms with van der Waals surface area (Å²) in [5.74, 6) is 3.26. The Morgan fingerprint density at radius 3 is 1.52 bits per heavy atom. The lowest BCUT2D eigenvalue weighted by Gasteiger charge is -2.43. The Balaban J connectivity index is 0.993. The molecular weight excluding hydrogens is 1090 g/mol. The van der Waals surface area contributed by atoms with E-state index < -0.39 is 0 Å². The van der Waals surface area contributed by atoms with Crippen molar-refractivity contribution >= 4 is 108 Å². The van der Waals surface area contributed by atoms with Gasteiger partial charge in [0.25, 0.3) is 0 Å². The van der Waals surface area contributed by atoms with E-state index in [9.17, 15) is 0 Å². The fraction of sp³-hybridized carbons (Fsp3) is 0.100. The highest BCUT2D eigenvalue weighted by molar-refractivity contribution is 8.00. The summed E-state index contributed by atoms with van der Waals surface area (Å²) < 4.78 is 20.4. The van der Waals surface area contributed by atoms with Gasteiger partial charge in [0.15, 0.2) is 23.0 Å². The van der Waals surface area contributed by atoms with Crippen molar-refractivity contribution < 1.29 is 13.9 Å². The third-order valence-corrected chi connectivity index (χ3v) is 19.3. The molecule has 4 aliphatic heterocycles. The van der Waals surface area contributed by atoms with Crippen LogP contribution in [0.3, 0.4) is 0 Å². The van der Waals surface area contributed by atoms with Gasteiger partial charge in [0.05, 0.1) is 28.4 Å². The molecule has 0 amide bonds. The number of fused-ring (bicyclic) bond motifs is 11. The van der Waals surface area contributed by atoms with Crippen LogP contribution in [0.1, 0.15) is 52.7 Å². The topological polar surface area (TPSA) is 41.3 Å². The molecule has 17 rings (SSSR count). The van der Waals surface area contributed by atoms with Gasteiger partial charge < -0.3 is 28.6 Å². The fourth-order valence-corrected chi connectivity index (χ4v) is 15.1. The Bertz CT molecular complexity index is 4930. The van der Waals surface area contributed by atoms with E-state index in [0.29, 0.717) is 0 Å². The Hall–Kier alpha value is -10.1. The largest absolute Gasteiger partial charge is 0.455 e. The number of ether oxygens (including phenoxy) is 2. The van der Waals surface area contributed by atoms with Crippen LogP contribution in [0, 0.1) is 0 Å². The van der Waals surface area contributed by atoms with Crippen LogP contribution in [-0.4, -0.2) is 6.71 Å². The van der Waals surface area contributed by atoms with Gasteiger partial charge in [0.2, 0.25) is 6.71 Å². The smallest absolute Gasteiger partial charge is 0.249 e. The highest BCUT2D eigenvalue weighted by Crippen LogP contribution is 2.57. The maximum Gasteiger partial charge on any atom is 0.249 e. The molecule has 0 aliphatic carbocycles. The van der Waals surface area contributed by atoms with Crippen molar-refractivity contribution in [2.75, 3.05) is 14.7 Å². The quantitative estimate of drug-likeness (QED) is 0.154. The predicted molar refractivity (Wildman–Crippen MR) is 367 cm³/mol. The molecule has 0 saturated heterocycles. The molecule has 0 N–H and O–H groups in total. The molecule has 0 atom stereocenters. The second-order valence-electron chi connectivity index (χ2n) is 25.6. The summed E-state index contributed by atoms with van der Waals surface area (Å²) in [6, 6.07) is 93.2. The number of hydrogen-bond donors (Lipinski definition) is 0. The lowest BCUT2D eigenvalue weighted by Crippen LogP contribution is -2.60. The standard InChI is InChI=1S/C80H60BN3O3S/c1-79(2,3)52-37-35-50(36-38-52)59-45-53(80(4,5)6)46-60(58-25-20-24-57-56-23-10-15-30-69(56)87-78(57)58)77(59)84-67-47-54(82-63-26-11-16-31-70(63)85-71-32-17-12-27-64(71)82)39-41-61(67)81-62-42-40-55(83-65-28-13-18-33-72(65)86-73-34-19-14-29-66(73)83)48-74(62)88-75-44-51(43-68(84)76(75)81)49-21-8-7-9-22-49/h7-48H,1-6H3. The first kappa shape index (κ1) is 52.2. The molecule has 1 aromatic heterocycles. The Morgan fingerprint density at radius 1 is 0.352 bits per heavy atom. The SMILES string of the molecule is CC(C)(C)c1ccc(-c2cc(C(C)(C)C)cc(-c3cccc4c3oc3ccccc34)c2N2c3cc(N4c5ccccc5Oc5ccccc54)ccc3B3c4ccc(N5c6ccccc6Oc6ccccc65)cc4Sc4cc(-c5ccccc5)cc2c43)cc1. The number of hydrogen-bond acceptors (Lipinski definition) is 7. The first-order valence-corrected chi connectivity index (χ1v) is 31.2. The minimum atomic E-state index is -0.235. The summed E-state index contributed by atoms with van der Waals surface area (Å²) in [6.45, 7) is 13.7. The molecule has 8 heteroatoms. The molecule has 6 nitrogen and oxygen atoms in total. The van der Waals surface area contributed by atoms with Gasteiger partial charge >= 0.3 is 0 Å². The predicted octanol–water partition coefficient (Wildman–Crippen LogP) is 21.1. The highest BCUT2D eigenvalue weighted by Gasteiger charge is 2.44. The molecule has 0 radical (unpaired) electrons. The van der Waals surface area contributed by atoms with Crippen LogP contribution in [0.25, 0.3) is 55.3 Å². The van der Waals surface area contributed by atoms with Crippen LogP contribution in [0.5, 0.6) is 23.0 Å². The van der Waals surface area contributed by atoms with E-state index in [0.717, 1.165) is 130 Å². The van der Waals surface area contributed by atoms with E-state index in [1.807, 2.05) is 23.9 Å². The van der Waals surface area contributed by atoms with Gasteiger partial charge in [-0.15, -0.1) is 0 Å². The van der Waals surface area contributed by atoms with Crippen LogP contribution in [-0.2, 0) is 10.8 Å². The number of rotatable bonds is 6. The Morgan fingerprint density at radius 2 is 0.898 bits per heavy atom. The number of furan rings is 1. The molecule has 0 spiro atoms. The van der Waals surface area contributed by atoms with E-state index in [4.69, 9.17) is 13.9 Å². The second kappa shape index (κ2) is 19.7. The summed E-state index contributed by atoms with van der Waals surface area (Å²) in [5, 5.41) is 2.18. The summed E-state index contributed by atoms with van der Waals surface area (Å²) in [6.07, 6.45) is 0. The third-order valence-electron chi connectivity index (χ3n) is 18.2. The molecular formula is C80H60BN3O3S. The summed E-state index contributed by atoms with van der Waals surface area (Å²) in [7, 11) is 0. The molecule has 0 unspecified atom stereocenters. The van der Waals surface area contributed by atoms with E-state index in [-0.39, 0.29) is 17.5 Å². The second-order valence-corrected chi connectivity index (χ2v) is 26.7. The van der Waals surface area contributed by atoms with Crippen molar-refractivity contribution in [3.05, 3.63) is 266 Å². The average molecular weight is 1150 g/mol. The third kappa shape index (κ3) is 8.26. The first-order chi connectivity index (χ1) is 42.9. The summed E-state index contributed by atoms with van der Waals surface area (Å²) in [4.78, 5) is 9.81. The van der Waals surface area contributed by atoms with Gasteiger partial charge in [-0.2, -0.15) is 0 Å². The maximum absolute atomic E-state index is 7.13. The highest BCUT2D eigenvalue weighted by atomic mass is 32.2. The van der Waals surface area contributed by atoms with Gasteiger partial charge in [-0.25, -0.2) is 0 Å². The van der Waals surface area contributed by atoms with Gasteiger partial charge in [0, 0.05) is 60.0 Å². The van der Waals surface area contributed by atoms with E-state index in [2.05, 4.69) is 299 Å². The van der Waals surface area contributed by atoms with Crippen LogP contribution >= 0.6 is 11.8 Å². The molecule has 5 heterocycles. The van der Waals surface area contributed by atoms with E-state index >= 15 is 0 Å². The molecule has 13 aromatic rings. The number of anilines is 9. The van der Waals surface area contributed by atoms with Gasteiger partial charge in [0.1, 0.15) is 11.2 Å². The van der Waals surface area contributed by atoms with Crippen LogP contribution in [0.2, 0.25) is 0 Å². The van der Waals surface area contributed by atoms with Crippen molar-refractivity contribution in [1.82, 2.24) is 0 Å². The van der Waals surface area contributed by atoms with Gasteiger partial charge in [-0.3, -0.25) is 0 Å². The molecule has 0 bridgehead atoms. The van der Waals surface area contributed by atoms with Crippen molar-refractivity contribution in [3.63, 3.8) is 0 Å². The zero-order valence-corrected chi connectivity index (χ0v) is 50.6. The van der Waals surface area contributed by atoms with E-state index in [1.165, 1.54) is 37.3 Å². The average Bonchev–Trinajstić information content (AvgIpc) is 0.769. The van der Waals surface area contributed by atoms with Crippen molar-refractivity contribution in [3.8, 4) is 56.4 Å². The normalized spacial score (nSPS) is 13.6. The van der Waals surface area contributed by atoms with E-state index in [1.54, 1.807) is 0 Å². The van der Waals surface area contributed by atoms with Gasteiger partial charge in [-0.05, 0) is 153 Å². The molecule has 0 fully saturated rings.